The Morgan fingerprint density at radius 1 is 0.786 bits per heavy atom. The molecule has 0 aromatic heterocycles. The van der Waals surface area contributed by atoms with Gasteiger partial charge in [-0.2, -0.15) is 0 Å². The third-order valence-corrected chi connectivity index (χ3v) is 1.67. The zero-order valence-electron chi connectivity index (χ0n) is 7.10. The predicted molar refractivity (Wildman–Crippen MR) is 58.9 cm³/mol. The van der Waals surface area contributed by atoms with Crippen LogP contribution in [-0.4, -0.2) is 29.6 Å². The van der Waals surface area contributed by atoms with E-state index in [9.17, 15) is 0 Å². The molecule has 2 heteroatoms. The maximum Gasteiger partial charge on any atom is 0.127 e. The van der Waals surface area contributed by atoms with Crippen LogP contribution in [0.25, 0.3) is 0 Å². The first-order valence-corrected chi connectivity index (χ1v) is 4.14. The van der Waals surface area contributed by atoms with Gasteiger partial charge in [0.1, 0.15) is 11.5 Å². The number of hydrogen-bond donors (Lipinski definition) is 0. The Balaban J connectivity index is 0.000000980. The van der Waals surface area contributed by atoms with Crippen LogP contribution < -0.4 is 4.74 Å². The van der Waals surface area contributed by atoms with E-state index in [1.165, 1.54) is 0 Å². The molecular formula is C12H10NaO. The minimum Gasteiger partial charge on any atom is -0.457 e. The van der Waals surface area contributed by atoms with Gasteiger partial charge in [-0.3, -0.25) is 0 Å². The summed E-state index contributed by atoms with van der Waals surface area (Å²) < 4.78 is 5.56. The normalized spacial score (nSPS) is 8.86. The molecule has 0 unspecified atom stereocenters. The molecular weight excluding hydrogens is 183 g/mol. The SMILES string of the molecule is [NaH].[c]1ccc(Oc2ccccc2)cc1. The second-order valence-electron chi connectivity index (χ2n) is 2.65. The number of rotatable bonds is 2. The van der Waals surface area contributed by atoms with Gasteiger partial charge in [-0.15, -0.1) is 0 Å². The molecule has 2 rings (SSSR count). The summed E-state index contributed by atoms with van der Waals surface area (Å²) >= 11 is 0. The Bertz CT molecular complexity index is 321. The Kier molecular flexibility index (Phi) is 4.74. The molecule has 2 aromatic rings. The Morgan fingerprint density at radius 3 is 2.00 bits per heavy atom. The van der Waals surface area contributed by atoms with Crippen LogP contribution in [-0.2, 0) is 0 Å². The fourth-order valence-corrected chi connectivity index (χ4v) is 1.06. The minimum atomic E-state index is 0. The summed E-state index contributed by atoms with van der Waals surface area (Å²) in [6.07, 6.45) is 0. The van der Waals surface area contributed by atoms with Crippen molar-refractivity contribution in [3.05, 3.63) is 60.7 Å². The van der Waals surface area contributed by atoms with Crippen molar-refractivity contribution >= 4 is 29.6 Å². The number of benzene rings is 2. The van der Waals surface area contributed by atoms with Crippen molar-refractivity contribution in [2.45, 2.75) is 0 Å². The van der Waals surface area contributed by atoms with E-state index in [0.717, 1.165) is 11.5 Å². The van der Waals surface area contributed by atoms with Gasteiger partial charge in [0.05, 0.1) is 0 Å². The molecule has 1 nitrogen and oxygen atoms in total. The first-order chi connectivity index (χ1) is 6.45. The molecule has 0 saturated carbocycles. The van der Waals surface area contributed by atoms with Crippen LogP contribution in [0.2, 0.25) is 0 Å². The van der Waals surface area contributed by atoms with Crippen molar-refractivity contribution < 1.29 is 4.74 Å². The smallest absolute Gasteiger partial charge is 0.127 e. The summed E-state index contributed by atoms with van der Waals surface area (Å²) in [5.74, 6) is 1.69. The molecule has 0 saturated heterocycles. The largest absolute Gasteiger partial charge is 0.457 e. The van der Waals surface area contributed by atoms with Crippen molar-refractivity contribution in [1.82, 2.24) is 0 Å². The van der Waals surface area contributed by atoms with E-state index in [4.69, 9.17) is 4.74 Å². The molecule has 65 valence electrons. The zero-order valence-corrected chi connectivity index (χ0v) is 7.10. The van der Waals surface area contributed by atoms with Gasteiger partial charge >= 0.3 is 29.6 Å². The molecule has 0 heterocycles. The molecule has 0 bridgehead atoms. The van der Waals surface area contributed by atoms with Crippen molar-refractivity contribution in [2.24, 2.45) is 0 Å². The molecule has 0 aliphatic rings. The summed E-state index contributed by atoms with van der Waals surface area (Å²) in [5, 5.41) is 0. The average molecular weight is 193 g/mol. The van der Waals surface area contributed by atoms with Crippen LogP contribution in [0.5, 0.6) is 11.5 Å². The Hall–Kier alpha value is -0.760. The molecule has 1 radical (unpaired) electrons. The Morgan fingerprint density at radius 2 is 1.36 bits per heavy atom. The van der Waals surface area contributed by atoms with Crippen LogP contribution in [0.3, 0.4) is 0 Å². The van der Waals surface area contributed by atoms with E-state index in [0.29, 0.717) is 0 Å². The van der Waals surface area contributed by atoms with Gasteiger partial charge in [-0.05, 0) is 30.3 Å². The number of para-hydroxylation sites is 1. The molecule has 14 heavy (non-hydrogen) atoms. The summed E-state index contributed by atoms with van der Waals surface area (Å²) in [5.41, 5.74) is 0. The van der Waals surface area contributed by atoms with E-state index in [1.807, 2.05) is 54.6 Å². The van der Waals surface area contributed by atoms with E-state index < -0.39 is 0 Å². The third-order valence-electron chi connectivity index (χ3n) is 1.67. The fourth-order valence-electron chi connectivity index (χ4n) is 1.06. The van der Waals surface area contributed by atoms with Gasteiger partial charge < -0.3 is 4.74 Å². The molecule has 0 amide bonds. The van der Waals surface area contributed by atoms with Crippen LogP contribution >= 0.6 is 0 Å². The van der Waals surface area contributed by atoms with Crippen LogP contribution in [0.4, 0.5) is 0 Å². The summed E-state index contributed by atoms with van der Waals surface area (Å²) in [4.78, 5) is 0. The van der Waals surface area contributed by atoms with Gasteiger partial charge in [0, 0.05) is 0 Å². The molecule has 2 aromatic carbocycles. The minimum absolute atomic E-state index is 0. The van der Waals surface area contributed by atoms with Gasteiger partial charge in [0.15, 0.2) is 0 Å². The first-order valence-electron chi connectivity index (χ1n) is 4.14. The molecule has 0 aliphatic heterocycles. The second-order valence-corrected chi connectivity index (χ2v) is 2.65. The van der Waals surface area contributed by atoms with Gasteiger partial charge in [-0.25, -0.2) is 0 Å². The van der Waals surface area contributed by atoms with E-state index in [-0.39, 0.29) is 29.6 Å². The van der Waals surface area contributed by atoms with Gasteiger partial charge in [-0.1, -0.05) is 30.3 Å². The predicted octanol–water partition coefficient (Wildman–Crippen LogP) is 2.63. The quantitative estimate of drug-likeness (QED) is 0.666. The van der Waals surface area contributed by atoms with Crippen LogP contribution in [0.15, 0.2) is 54.6 Å². The molecule has 0 aliphatic carbocycles. The van der Waals surface area contributed by atoms with E-state index >= 15 is 0 Å². The van der Waals surface area contributed by atoms with E-state index in [2.05, 4.69) is 6.07 Å². The van der Waals surface area contributed by atoms with Crippen molar-refractivity contribution in [2.75, 3.05) is 0 Å². The standard InChI is InChI=1S/C12H9O.Na.H/c1-3-7-11(8-4-1)13-12-9-5-2-6-10-12;;/h1,3-10H;;. The summed E-state index contributed by atoms with van der Waals surface area (Å²) in [7, 11) is 0. The van der Waals surface area contributed by atoms with E-state index in [1.54, 1.807) is 0 Å². The molecule has 0 fully saturated rings. The van der Waals surface area contributed by atoms with Crippen molar-refractivity contribution in [3.63, 3.8) is 0 Å². The zero-order chi connectivity index (χ0) is 8.93. The van der Waals surface area contributed by atoms with Gasteiger partial charge in [0.25, 0.3) is 0 Å². The first kappa shape index (κ1) is 11.3. The average Bonchev–Trinajstić information content (AvgIpc) is 2.21. The number of hydrogen-bond acceptors (Lipinski definition) is 1. The number of ether oxygens (including phenoxy) is 1. The molecule has 0 atom stereocenters. The summed E-state index contributed by atoms with van der Waals surface area (Å²) in [6, 6.07) is 20.1. The maximum atomic E-state index is 5.56. The third kappa shape index (κ3) is 3.18. The van der Waals surface area contributed by atoms with Gasteiger partial charge in [0.2, 0.25) is 0 Å². The van der Waals surface area contributed by atoms with Crippen molar-refractivity contribution in [3.8, 4) is 11.5 Å². The fraction of sp³-hybridized carbons (Fsp3) is 0. The Labute approximate surface area is 106 Å². The van der Waals surface area contributed by atoms with Crippen LogP contribution in [0, 0.1) is 6.07 Å². The van der Waals surface area contributed by atoms with Crippen LogP contribution in [0.1, 0.15) is 0 Å². The summed E-state index contributed by atoms with van der Waals surface area (Å²) in [6.45, 7) is 0. The maximum absolute atomic E-state index is 5.56. The molecule has 0 N–H and O–H groups in total. The topological polar surface area (TPSA) is 9.23 Å². The van der Waals surface area contributed by atoms with Crippen molar-refractivity contribution in [1.29, 1.82) is 0 Å². The molecule has 0 spiro atoms. The monoisotopic (exact) mass is 193 g/mol. The second kappa shape index (κ2) is 5.86.